The summed E-state index contributed by atoms with van der Waals surface area (Å²) in [6.07, 6.45) is 23.3. The smallest absolute Gasteiger partial charge is 0.303 e. The zero-order chi connectivity index (χ0) is 53.2. The fourth-order valence-corrected chi connectivity index (χ4v) is 6.35. The Bertz CT molecular complexity index is 1390. The molecule has 0 amide bonds. The van der Waals surface area contributed by atoms with Gasteiger partial charge >= 0.3 is 47.8 Å². The number of hydrogen-bond donors (Lipinski definition) is 10. The van der Waals surface area contributed by atoms with E-state index in [0.29, 0.717) is 0 Å². The third-order valence-corrected chi connectivity index (χ3v) is 10.2. The molecule has 2 aromatic carbocycles. The van der Waals surface area contributed by atoms with Crippen molar-refractivity contribution in [1.29, 1.82) is 0 Å². The summed E-state index contributed by atoms with van der Waals surface area (Å²) < 4.78 is 0. The van der Waals surface area contributed by atoms with E-state index in [2.05, 4.69) is 0 Å². The van der Waals surface area contributed by atoms with Crippen LogP contribution in [0.15, 0.2) is 48.5 Å². The summed E-state index contributed by atoms with van der Waals surface area (Å²) >= 11 is 0. The number of carboxylic acid groups (broad SMARTS) is 8. The summed E-state index contributed by atoms with van der Waals surface area (Å²) in [6, 6.07) is 13.9. The number of aliphatic carboxylic acids is 8. The Morgan fingerprint density at radius 2 is 0.329 bits per heavy atom. The first kappa shape index (κ1) is 68.1. The van der Waals surface area contributed by atoms with Gasteiger partial charge in [0, 0.05) is 51.4 Å². The lowest BCUT2D eigenvalue weighted by atomic mass is 10.1. The molecule has 0 saturated heterocycles. The van der Waals surface area contributed by atoms with E-state index in [9.17, 15) is 38.4 Å². The lowest BCUT2D eigenvalue weighted by Gasteiger charge is -2.01. The Kier molecular flexibility index (Phi) is 47.9. The van der Waals surface area contributed by atoms with Crippen molar-refractivity contribution >= 4 is 47.8 Å². The molecule has 0 radical (unpaired) electrons. The van der Waals surface area contributed by atoms with Gasteiger partial charge in [0.05, 0.1) is 0 Å². The van der Waals surface area contributed by atoms with Crippen molar-refractivity contribution in [3.05, 3.63) is 48.5 Å². The summed E-state index contributed by atoms with van der Waals surface area (Å²) in [5.41, 5.74) is 2.03. The Labute approximate surface area is 412 Å². The van der Waals surface area contributed by atoms with Crippen LogP contribution in [0, 0.1) is 0 Å². The molecular formula is C52H82O18. The van der Waals surface area contributed by atoms with Gasteiger partial charge in [-0.05, 0) is 86.8 Å². The number of aromatic hydroxyl groups is 2. The first-order chi connectivity index (χ1) is 33.3. The SMILES string of the molecule is O=C(O)CCCCCCCCC(=O)O.O=C(O)CCCCCCCCC(=O)O.O=C(O)CCCCCCCCC(=O)O.O=C(O)CCCCCCCCC(=O)O.Oc1ccc(-c2ccc(O)cc2)cc1. The van der Waals surface area contributed by atoms with Gasteiger partial charge in [-0.15, -0.1) is 0 Å². The molecule has 0 aliphatic rings. The van der Waals surface area contributed by atoms with Crippen LogP contribution < -0.4 is 0 Å². The van der Waals surface area contributed by atoms with E-state index < -0.39 is 47.8 Å². The summed E-state index contributed by atoms with van der Waals surface area (Å²) in [5, 5.41) is 85.0. The summed E-state index contributed by atoms with van der Waals surface area (Å²) in [7, 11) is 0. The molecule has 0 unspecified atom stereocenters. The predicted molar refractivity (Wildman–Crippen MR) is 264 cm³/mol. The van der Waals surface area contributed by atoms with Crippen LogP contribution in [0.3, 0.4) is 0 Å². The fourth-order valence-electron chi connectivity index (χ4n) is 6.35. The second-order valence-electron chi connectivity index (χ2n) is 16.7. The molecule has 0 spiro atoms. The number of carbonyl (C=O) groups is 8. The second-order valence-corrected chi connectivity index (χ2v) is 16.7. The van der Waals surface area contributed by atoms with E-state index in [1.807, 2.05) is 24.3 Å². The van der Waals surface area contributed by atoms with Crippen LogP contribution in [0.2, 0.25) is 0 Å². The molecule has 0 atom stereocenters. The van der Waals surface area contributed by atoms with Crippen LogP contribution in [-0.2, 0) is 38.4 Å². The van der Waals surface area contributed by atoms with Gasteiger partial charge in [0.1, 0.15) is 11.5 Å². The Morgan fingerprint density at radius 3 is 0.443 bits per heavy atom. The summed E-state index contributed by atoms with van der Waals surface area (Å²) in [4.78, 5) is 81.2. The molecule has 398 valence electrons. The number of phenolic OH excluding ortho intramolecular Hbond substituents is 2. The number of rotatable bonds is 37. The fraction of sp³-hybridized carbons (Fsp3) is 0.615. The minimum absolute atomic E-state index is 0.245. The summed E-state index contributed by atoms with van der Waals surface area (Å²) in [5.74, 6) is -5.41. The normalized spacial score (nSPS) is 10.0. The minimum Gasteiger partial charge on any atom is -0.508 e. The second kappa shape index (κ2) is 49.2. The molecular weight excluding hydrogens is 913 g/mol. The van der Waals surface area contributed by atoms with Crippen molar-refractivity contribution < 1.29 is 89.4 Å². The van der Waals surface area contributed by atoms with E-state index in [-0.39, 0.29) is 62.9 Å². The van der Waals surface area contributed by atoms with Crippen molar-refractivity contribution in [2.24, 2.45) is 0 Å². The highest BCUT2D eigenvalue weighted by atomic mass is 16.4. The molecule has 0 saturated carbocycles. The Hall–Kier alpha value is -6.20. The number of hydrogen-bond acceptors (Lipinski definition) is 10. The van der Waals surface area contributed by atoms with Crippen LogP contribution in [0.25, 0.3) is 11.1 Å². The standard InChI is InChI=1S/C12H10O2.4C10H18O4/c13-11-5-1-9(2-6-11)10-3-7-12(14)8-4-10;4*11-9(12)7-5-3-1-2-4-6-8-10(13)14/h1-8,13-14H;4*1-8H2,(H,11,12)(H,13,14). The number of carboxylic acids is 8. The van der Waals surface area contributed by atoms with Gasteiger partial charge in [-0.3, -0.25) is 38.4 Å². The quantitative estimate of drug-likeness (QED) is 0.0281. The molecule has 0 fully saturated rings. The van der Waals surface area contributed by atoms with Crippen LogP contribution >= 0.6 is 0 Å². The Morgan fingerprint density at radius 1 is 0.214 bits per heavy atom. The molecule has 18 heteroatoms. The van der Waals surface area contributed by atoms with Gasteiger partial charge in [-0.1, -0.05) is 127 Å². The predicted octanol–water partition coefficient (Wildman–Crippen LogP) is 11.9. The van der Waals surface area contributed by atoms with E-state index >= 15 is 0 Å². The van der Waals surface area contributed by atoms with Crippen LogP contribution in [0.4, 0.5) is 0 Å². The van der Waals surface area contributed by atoms with Gasteiger partial charge in [0.2, 0.25) is 0 Å². The molecule has 2 aromatic rings. The monoisotopic (exact) mass is 995 g/mol. The largest absolute Gasteiger partial charge is 0.508 e. The lowest BCUT2D eigenvalue weighted by molar-refractivity contribution is -0.138. The van der Waals surface area contributed by atoms with Crippen molar-refractivity contribution in [3.8, 4) is 22.6 Å². The van der Waals surface area contributed by atoms with E-state index in [1.165, 1.54) is 0 Å². The summed E-state index contributed by atoms with van der Waals surface area (Å²) in [6.45, 7) is 0. The van der Waals surface area contributed by atoms with E-state index in [1.54, 1.807) is 24.3 Å². The number of unbranched alkanes of at least 4 members (excludes halogenated alkanes) is 20. The first-order valence-corrected chi connectivity index (χ1v) is 24.6. The highest BCUT2D eigenvalue weighted by molar-refractivity contribution is 5.69. The van der Waals surface area contributed by atoms with Gasteiger partial charge < -0.3 is 51.1 Å². The number of benzene rings is 2. The first-order valence-electron chi connectivity index (χ1n) is 24.6. The van der Waals surface area contributed by atoms with Crippen LogP contribution in [-0.4, -0.2) is 98.8 Å². The average Bonchev–Trinajstić information content (AvgIpc) is 3.28. The Balaban J connectivity index is -0.000000802. The van der Waals surface area contributed by atoms with E-state index in [4.69, 9.17) is 51.1 Å². The molecule has 0 aliphatic carbocycles. The molecule has 10 N–H and O–H groups in total. The molecule has 2 rings (SSSR count). The maximum atomic E-state index is 10.1. The third kappa shape index (κ3) is 59.8. The maximum absolute atomic E-state index is 10.1. The highest BCUT2D eigenvalue weighted by Gasteiger charge is 2.02. The zero-order valence-electron chi connectivity index (χ0n) is 41.0. The van der Waals surface area contributed by atoms with Gasteiger partial charge in [-0.25, -0.2) is 0 Å². The molecule has 70 heavy (non-hydrogen) atoms. The van der Waals surface area contributed by atoms with Crippen molar-refractivity contribution in [3.63, 3.8) is 0 Å². The molecule has 0 aliphatic heterocycles. The van der Waals surface area contributed by atoms with Crippen molar-refractivity contribution in [1.82, 2.24) is 0 Å². The van der Waals surface area contributed by atoms with Gasteiger partial charge in [0.15, 0.2) is 0 Å². The maximum Gasteiger partial charge on any atom is 0.303 e. The van der Waals surface area contributed by atoms with Crippen molar-refractivity contribution in [2.75, 3.05) is 0 Å². The van der Waals surface area contributed by atoms with Crippen molar-refractivity contribution in [2.45, 2.75) is 205 Å². The molecule has 0 bridgehead atoms. The lowest BCUT2D eigenvalue weighted by Crippen LogP contribution is -1.94. The highest BCUT2D eigenvalue weighted by Crippen LogP contribution is 2.23. The van der Waals surface area contributed by atoms with Crippen LogP contribution in [0.1, 0.15) is 205 Å². The molecule has 0 heterocycles. The third-order valence-electron chi connectivity index (χ3n) is 10.2. The topological polar surface area (TPSA) is 339 Å². The average molecular weight is 995 g/mol. The van der Waals surface area contributed by atoms with Gasteiger partial charge in [-0.2, -0.15) is 0 Å². The molecule has 0 aromatic heterocycles. The molecule has 18 nitrogen and oxygen atoms in total. The van der Waals surface area contributed by atoms with E-state index in [0.717, 1.165) is 165 Å². The number of phenols is 2. The zero-order valence-corrected chi connectivity index (χ0v) is 41.0. The van der Waals surface area contributed by atoms with Crippen LogP contribution in [0.5, 0.6) is 11.5 Å². The minimum atomic E-state index is -0.740. The van der Waals surface area contributed by atoms with Gasteiger partial charge in [0.25, 0.3) is 0 Å².